The van der Waals surface area contributed by atoms with Crippen molar-refractivity contribution in [3.63, 3.8) is 0 Å². The van der Waals surface area contributed by atoms with Crippen molar-refractivity contribution in [3.05, 3.63) is 53.1 Å². The Morgan fingerprint density at radius 1 is 1.17 bits per heavy atom. The second kappa shape index (κ2) is 10.0. The van der Waals surface area contributed by atoms with E-state index in [0.29, 0.717) is 17.4 Å². The number of sulfonamides is 1. The van der Waals surface area contributed by atoms with Crippen LogP contribution in [0.4, 0.5) is 5.69 Å². The van der Waals surface area contributed by atoms with Crippen LogP contribution >= 0.6 is 11.6 Å². The first-order chi connectivity index (χ1) is 14.1. The lowest BCUT2D eigenvalue weighted by atomic mass is 10.1. The monoisotopic (exact) mass is 454 g/mol. The fourth-order valence-corrected chi connectivity index (χ4v) is 4.39. The van der Waals surface area contributed by atoms with E-state index in [1.54, 1.807) is 12.1 Å². The van der Waals surface area contributed by atoms with Gasteiger partial charge in [-0.25, -0.2) is 8.42 Å². The summed E-state index contributed by atoms with van der Waals surface area (Å²) in [5, 5.41) is 3.19. The van der Waals surface area contributed by atoms with Crippen LogP contribution in [0, 0.1) is 0 Å². The van der Waals surface area contributed by atoms with Gasteiger partial charge in [-0.1, -0.05) is 23.7 Å². The molecule has 0 aliphatic carbocycles. The van der Waals surface area contributed by atoms with Crippen LogP contribution in [-0.4, -0.2) is 40.3 Å². The number of ether oxygens (including phenoxy) is 2. The molecule has 2 aromatic rings. The van der Waals surface area contributed by atoms with Crippen molar-refractivity contribution in [3.8, 4) is 11.5 Å². The van der Waals surface area contributed by atoms with Crippen LogP contribution in [-0.2, 0) is 14.8 Å². The Labute approximate surface area is 183 Å². The smallest absolute Gasteiger partial charge is 0.244 e. The molecular formula is C21H27ClN2O5S. The third-order valence-corrected chi connectivity index (χ3v) is 5.98. The summed E-state index contributed by atoms with van der Waals surface area (Å²) in [5.74, 6) is 0.581. The fraction of sp³-hybridized carbons (Fsp3) is 0.381. The van der Waals surface area contributed by atoms with Gasteiger partial charge < -0.3 is 14.8 Å². The lowest BCUT2D eigenvalue weighted by Gasteiger charge is -2.30. The molecule has 0 spiro atoms. The van der Waals surface area contributed by atoms with E-state index in [4.69, 9.17) is 21.1 Å². The molecule has 30 heavy (non-hydrogen) atoms. The molecule has 0 unspecified atom stereocenters. The maximum atomic E-state index is 12.9. The Morgan fingerprint density at radius 3 is 2.33 bits per heavy atom. The van der Waals surface area contributed by atoms with Crippen LogP contribution in [0.1, 0.15) is 32.4 Å². The van der Waals surface area contributed by atoms with Gasteiger partial charge in [-0.2, -0.15) is 0 Å². The van der Waals surface area contributed by atoms with Gasteiger partial charge in [0.15, 0.2) is 0 Å². The predicted molar refractivity (Wildman–Crippen MR) is 119 cm³/mol. The van der Waals surface area contributed by atoms with Gasteiger partial charge in [-0.05, 0) is 56.7 Å². The molecule has 0 aliphatic heterocycles. The molecule has 0 aliphatic rings. The highest BCUT2D eigenvalue weighted by molar-refractivity contribution is 7.92. The largest absolute Gasteiger partial charge is 0.495 e. The number of methoxy groups -OCH3 is 1. The van der Waals surface area contributed by atoms with Gasteiger partial charge in [-0.15, -0.1) is 0 Å². The van der Waals surface area contributed by atoms with Crippen molar-refractivity contribution in [2.45, 2.75) is 32.9 Å². The maximum absolute atomic E-state index is 12.9. The first-order valence-corrected chi connectivity index (χ1v) is 11.7. The predicted octanol–water partition coefficient (Wildman–Crippen LogP) is 3.78. The molecule has 1 N–H and O–H groups in total. The van der Waals surface area contributed by atoms with Crippen LogP contribution in [0.25, 0.3) is 0 Å². The van der Waals surface area contributed by atoms with Crippen LogP contribution in [0.3, 0.4) is 0 Å². The quantitative estimate of drug-likeness (QED) is 0.623. The minimum atomic E-state index is -3.81. The molecule has 0 aromatic heterocycles. The minimum Gasteiger partial charge on any atom is -0.495 e. The molecule has 2 aromatic carbocycles. The lowest BCUT2D eigenvalue weighted by Crippen LogP contribution is -2.48. The zero-order chi connectivity index (χ0) is 22.5. The molecule has 9 heteroatoms. The van der Waals surface area contributed by atoms with E-state index in [1.807, 2.05) is 38.1 Å². The van der Waals surface area contributed by atoms with Crippen molar-refractivity contribution < 1.29 is 22.7 Å². The molecule has 1 amide bonds. The van der Waals surface area contributed by atoms with Crippen molar-refractivity contribution in [2.24, 2.45) is 0 Å². The third kappa shape index (κ3) is 5.79. The number of hydrogen-bond donors (Lipinski definition) is 1. The van der Waals surface area contributed by atoms with Crippen LogP contribution < -0.4 is 19.1 Å². The summed E-state index contributed by atoms with van der Waals surface area (Å²) in [6.45, 7) is 5.81. The molecule has 2 atom stereocenters. The Balaban J connectivity index is 2.27. The number of rotatable bonds is 9. The summed E-state index contributed by atoms with van der Waals surface area (Å²) >= 11 is 6.06. The summed E-state index contributed by atoms with van der Waals surface area (Å²) in [6.07, 6.45) is 1.03. The molecule has 0 heterocycles. The molecule has 0 fully saturated rings. The number of hydrogen-bond acceptors (Lipinski definition) is 5. The number of nitrogens with zero attached hydrogens (tertiary/aromatic N) is 1. The highest BCUT2D eigenvalue weighted by Gasteiger charge is 2.32. The van der Waals surface area contributed by atoms with Gasteiger partial charge >= 0.3 is 0 Å². The summed E-state index contributed by atoms with van der Waals surface area (Å²) in [6, 6.07) is 10.6. The maximum Gasteiger partial charge on any atom is 0.244 e. The van der Waals surface area contributed by atoms with E-state index in [9.17, 15) is 13.2 Å². The Bertz CT molecular complexity index is 979. The fourth-order valence-electron chi connectivity index (χ4n) is 3.05. The highest BCUT2D eigenvalue weighted by atomic mass is 35.5. The summed E-state index contributed by atoms with van der Waals surface area (Å²) in [7, 11) is -2.38. The van der Waals surface area contributed by atoms with Gasteiger partial charge in [0.1, 0.15) is 17.5 Å². The van der Waals surface area contributed by atoms with Gasteiger partial charge in [0.05, 0.1) is 31.7 Å². The number of carbonyl (C=O) groups excluding carboxylic acids is 1. The normalized spacial score (nSPS) is 13.3. The van der Waals surface area contributed by atoms with Crippen molar-refractivity contribution >= 4 is 33.2 Å². The summed E-state index contributed by atoms with van der Waals surface area (Å²) < 4.78 is 36.8. The summed E-state index contributed by atoms with van der Waals surface area (Å²) in [5.41, 5.74) is 1.06. The first kappa shape index (κ1) is 23.8. The van der Waals surface area contributed by atoms with E-state index >= 15 is 0 Å². The number of amides is 1. The van der Waals surface area contributed by atoms with Gasteiger partial charge in [0, 0.05) is 5.02 Å². The molecule has 0 saturated carbocycles. The third-order valence-electron chi connectivity index (χ3n) is 4.52. The van der Waals surface area contributed by atoms with E-state index in [2.05, 4.69) is 5.32 Å². The van der Waals surface area contributed by atoms with Crippen LogP contribution in [0.2, 0.25) is 5.02 Å². The Morgan fingerprint density at radius 2 is 1.80 bits per heavy atom. The van der Waals surface area contributed by atoms with Crippen molar-refractivity contribution in [2.75, 3.05) is 24.3 Å². The van der Waals surface area contributed by atoms with E-state index in [-0.39, 0.29) is 11.7 Å². The SMILES string of the molecule is CCOc1ccc([C@H](C)NC(=O)[C@H](C)N(c2cc(Cl)ccc2OC)S(C)(=O)=O)cc1. The molecule has 2 rings (SSSR count). The highest BCUT2D eigenvalue weighted by Crippen LogP contribution is 2.34. The topological polar surface area (TPSA) is 84.9 Å². The standard InChI is InChI=1S/C21H27ClN2O5S/c1-6-29-18-10-7-16(8-11-18)14(2)23-21(25)15(3)24(30(5,26)27)19-13-17(22)9-12-20(19)28-4/h7-15H,6H2,1-5H3,(H,23,25)/t14-,15-/m0/s1. The van der Waals surface area contributed by atoms with Crippen molar-refractivity contribution in [1.29, 1.82) is 0 Å². The molecule has 0 saturated heterocycles. The average Bonchev–Trinajstić information content (AvgIpc) is 2.68. The summed E-state index contributed by atoms with van der Waals surface area (Å²) in [4.78, 5) is 12.9. The average molecular weight is 455 g/mol. The van der Waals surface area contributed by atoms with Crippen LogP contribution in [0.15, 0.2) is 42.5 Å². The number of nitrogens with one attached hydrogen (secondary N) is 1. The van der Waals surface area contributed by atoms with Gasteiger partial charge in [-0.3, -0.25) is 9.10 Å². The number of carbonyl (C=O) groups is 1. The zero-order valence-corrected chi connectivity index (χ0v) is 19.3. The van der Waals surface area contributed by atoms with Crippen molar-refractivity contribution in [1.82, 2.24) is 5.32 Å². The number of benzene rings is 2. The van der Waals surface area contributed by atoms with E-state index < -0.39 is 22.0 Å². The Kier molecular flexibility index (Phi) is 7.97. The van der Waals surface area contributed by atoms with E-state index in [1.165, 1.54) is 20.1 Å². The lowest BCUT2D eigenvalue weighted by molar-refractivity contribution is -0.122. The number of anilines is 1. The minimum absolute atomic E-state index is 0.198. The van der Waals surface area contributed by atoms with E-state index in [0.717, 1.165) is 21.9 Å². The molecule has 0 bridgehead atoms. The first-order valence-electron chi connectivity index (χ1n) is 9.44. The van der Waals surface area contributed by atoms with Gasteiger partial charge in [0.2, 0.25) is 15.9 Å². The van der Waals surface area contributed by atoms with Gasteiger partial charge in [0.25, 0.3) is 0 Å². The zero-order valence-electron chi connectivity index (χ0n) is 17.7. The molecule has 7 nitrogen and oxygen atoms in total. The Hall–Kier alpha value is -2.45. The van der Waals surface area contributed by atoms with Crippen LogP contribution in [0.5, 0.6) is 11.5 Å². The molecule has 164 valence electrons. The number of halogens is 1. The molecule has 0 radical (unpaired) electrons. The second-order valence-electron chi connectivity index (χ2n) is 6.78. The second-order valence-corrected chi connectivity index (χ2v) is 9.08. The molecular weight excluding hydrogens is 428 g/mol.